The number of aromatic nitrogens is 2. The summed E-state index contributed by atoms with van der Waals surface area (Å²) in [4.78, 5) is 38.3. The third kappa shape index (κ3) is 5.39. The van der Waals surface area contributed by atoms with Gasteiger partial charge in [0.25, 0.3) is 5.91 Å². The Hall–Kier alpha value is -2.55. The summed E-state index contributed by atoms with van der Waals surface area (Å²) in [6.45, 7) is 6.50. The minimum absolute atomic E-state index is 0.0840. The van der Waals surface area contributed by atoms with Crippen molar-refractivity contribution >= 4 is 29.1 Å². The third-order valence-corrected chi connectivity index (χ3v) is 5.97. The number of aryl methyl sites for hydroxylation is 1. The van der Waals surface area contributed by atoms with E-state index in [4.69, 9.17) is 16.3 Å². The summed E-state index contributed by atoms with van der Waals surface area (Å²) in [5.41, 5.74) is 1.70. The van der Waals surface area contributed by atoms with Gasteiger partial charge >= 0.3 is 0 Å². The smallest absolute Gasteiger partial charge is 0.259 e. The molecule has 164 valence electrons. The molecule has 1 aromatic carbocycles. The van der Waals surface area contributed by atoms with Crippen molar-refractivity contribution in [3.05, 3.63) is 52.6 Å². The highest BCUT2D eigenvalue weighted by molar-refractivity contribution is 6.30. The molecule has 0 radical (unpaired) electrons. The van der Waals surface area contributed by atoms with Crippen LogP contribution >= 0.6 is 11.6 Å². The molecule has 0 saturated carbocycles. The SMILES string of the molecule is Cc1nc([C@H]2CCN(C(=O)CN3CCOCC3)C2)ncc1C(=O)Nc1ccc(Cl)cc1. The summed E-state index contributed by atoms with van der Waals surface area (Å²) >= 11 is 5.88. The Labute approximate surface area is 186 Å². The molecule has 0 aliphatic carbocycles. The molecule has 2 aliphatic heterocycles. The van der Waals surface area contributed by atoms with Crippen molar-refractivity contribution in [1.29, 1.82) is 0 Å². The highest BCUT2D eigenvalue weighted by atomic mass is 35.5. The molecule has 1 atom stereocenters. The first kappa shape index (κ1) is 21.7. The van der Waals surface area contributed by atoms with Crippen molar-refractivity contribution < 1.29 is 14.3 Å². The summed E-state index contributed by atoms with van der Waals surface area (Å²) in [6, 6.07) is 6.92. The van der Waals surface area contributed by atoms with E-state index in [0.29, 0.717) is 60.6 Å². The van der Waals surface area contributed by atoms with Gasteiger partial charge in [0, 0.05) is 49.0 Å². The lowest BCUT2D eigenvalue weighted by Gasteiger charge is -2.28. The minimum Gasteiger partial charge on any atom is -0.379 e. The first-order valence-electron chi connectivity index (χ1n) is 10.5. The van der Waals surface area contributed by atoms with E-state index >= 15 is 0 Å². The topological polar surface area (TPSA) is 87.7 Å². The number of rotatable bonds is 5. The maximum atomic E-state index is 12.6. The Morgan fingerprint density at radius 3 is 2.65 bits per heavy atom. The first-order chi connectivity index (χ1) is 15.0. The van der Waals surface area contributed by atoms with Crippen LogP contribution in [0.15, 0.2) is 30.5 Å². The number of morpholine rings is 1. The maximum absolute atomic E-state index is 12.6. The number of nitrogens with zero attached hydrogens (tertiary/aromatic N) is 4. The zero-order valence-corrected chi connectivity index (χ0v) is 18.3. The van der Waals surface area contributed by atoms with Gasteiger partial charge in [-0.15, -0.1) is 0 Å². The summed E-state index contributed by atoms with van der Waals surface area (Å²) in [5, 5.41) is 3.44. The van der Waals surface area contributed by atoms with Crippen molar-refractivity contribution in [3.8, 4) is 0 Å². The lowest BCUT2D eigenvalue weighted by Crippen LogP contribution is -2.44. The van der Waals surface area contributed by atoms with Crippen molar-refractivity contribution in [3.63, 3.8) is 0 Å². The second-order valence-corrected chi connectivity index (χ2v) is 8.34. The van der Waals surface area contributed by atoms with Crippen LogP contribution in [0.5, 0.6) is 0 Å². The molecule has 2 aromatic rings. The lowest BCUT2D eigenvalue weighted by atomic mass is 10.1. The molecule has 0 bridgehead atoms. The number of hydrogen-bond donors (Lipinski definition) is 1. The Balaban J connectivity index is 1.36. The summed E-state index contributed by atoms with van der Waals surface area (Å²) < 4.78 is 5.34. The Morgan fingerprint density at radius 2 is 1.94 bits per heavy atom. The molecule has 9 heteroatoms. The van der Waals surface area contributed by atoms with Crippen molar-refractivity contribution in [2.45, 2.75) is 19.3 Å². The van der Waals surface area contributed by atoms with Crippen LogP contribution in [0.25, 0.3) is 0 Å². The van der Waals surface area contributed by atoms with Crippen molar-refractivity contribution in [2.24, 2.45) is 0 Å². The normalized spacial score (nSPS) is 19.4. The number of nitrogens with one attached hydrogen (secondary N) is 1. The van der Waals surface area contributed by atoms with Gasteiger partial charge in [0.1, 0.15) is 5.82 Å². The van der Waals surface area contributed by atoms with Crippen molar-refractivity contribution in [2.75, 3.05) is 51.3 Å². The average Bonchev–Trinajstić information content (AvgIpc) is 3.26. The largest absolute Gasteiger partial charge is 0.379 e. The molecule has 0 unspecified atom stereocenters. The fourth-order valence-electron chi connectivity index (χ4n) is 3.88. The van der Waals surface area contributed by atoms with Gasteiger partial charge in [0.05, 0.1) is 31.0 Å². The van der Waals surface area contributed by atoms with E-state index in [2.05, 4.69) is 20.2 Å². The maximum Gasteiger partial charge on any atom is 0.259 e. The number of benzene rings is 1. The lowest BCUT2D eigenvalue weighted by molar-refractivity contribution is -0.132. The molecule has 1 aromatic heterocycles. The number of amides is 2. The van der Waals surface area contributed by atoms with Gasteiger partial charge in [0.2, 0.25) is 5.91 Å². The third-order valence-electron chi connectivity index (χ3n) is 5.71. The monoisotopic (exact) mass is 443 g/mol. The Kier molecular flexibility index (Phi) is 6.80. The van der Waals surface area contributed by atoms with Gasteiger partial charge in [0.15, 0.2) is 0 Å². The molecule has 2 saturated heterocycles. The zero-order valence-electron chi connectivity index (χ0n) is 17.5. The van der Waals surface area contributed by atoms with E-state index < -0.39 is 0 Å². The zero-order chi connectivity index (χ0) is 21.8. The fourth-order valence-corrected chi connectivity index (χ4v) is 4.01. The highest BCUT2D eigenvalue weighted by Gasteiger charge is 2.30. The van der Waals surface area contributed by atoms with Crippen molar-refractivity contribution in [1.82, 2.24) is 19.8 Å². The highest BCUT2D eigenvalue weighted by Crippen LogP contribution is 2.25. The Morgan fingerprint density at radius 1 is 1.19 bits per heavy atom. The predicted molar refractivity (Wildman–Crippen MR) is 117 cm³/mol. The average molecular weight is 444 g/mol. The van der Waals surface area contributed by atoms with Crippen LogP contribution in [0, 0.1) is 6.92 Å². The first-order valence-corrected chi connectivity index (χ1v) is 10.9. The number of hydrogen-bond acceptors (Lipinski definition) is 6. The molecule has 8 nitrogen and oxygen atoms in total. The van der Waals surface area contributed by atoms with Crippen LogP contribution in [0.1, 0.15) is 34.2 Å². The summed E-state index contributed by atoms with van der Waals surface area (Å²) in [6.07, 6.45) is 2.39. The molecule has 0 spiro atoms. The van der Waals surface area contributed by atoms with Crippen LogP contribution in [-0.4, -0.2) is 77.5 Å². The second-order valence-electron chi connectivity index (χ2n) is 7.90. The quantitative estimate of drug-likeness (QED) is 0.763. The minimum atomic E-state index is -0.264. The number of carbonyl (C=O) groups is 2. The molecule has 3 heterocycles. The number of carbonyl (C=O) groups excluding carboxylic acids is 2. The van der Waals surface area contributed by atoms with Gasteiger partial charge in [-0.25, -0.2) is 9.97 Å². The van der Waals surface area contributed by atoms with E-state index in [1.54, 1.807) is 37.4 Å². The second kappa shape index (κ2) is 9.72. The van der Waals surface area contributed by atoms with Gasteiger partial charge < -0.3 is 15.0 Å². The molecule has 2 fully saturated rings. The molecular weight excluding hydrogens is 418 g/mol. The van der Waals surface area contributed by atoms with Gasteiger partial charge in [-0.1, -0.05) is 11.6 Å². The van der Waals surface area contributed by atoms with E-state index in [1.807, 2.05) is 4.90 Å². The molecule has 4 rings (SSSR count). The van der Waals surface area contributed by atoms with Crippen LogP contribution in [0.4, 0.5) is 5.69 Å². The summed E-state index contributed by atoms with van der Waals surface area (Å²) in [7, 11) is 0. The van der Waals surface area contributed by atoms with Crippen LogP contribution in [0.2, 0.25) is 5.02 Å². The molecule has 1 N–H and O–H groups in total. The van der Waals surface area contributed by atoms with E-state index in [0.717, 1.165) is 19.5 Å². The van der Waals surface area contributed by atoms with Crippen LogP contribution in [0.3, 0.4) is 0 Å². The van der Waals surface area contributed by atoms with E-state index in [-0.39, 0.29) is 17.7 Å². The van der Waals surface area contributed by atoms with Crippen LogP contribution in [-0.2, 0) is 9.53 Å². The van der Waals surface area contributed by atoms with Gasteiger partial charge in [-0.3, -0.25) is 14.5 Å². The molecular formula is C22H26ClN5O3. The van der Waals surface area contributed by atoms with E-state index in [1.165, 1.54) is 0 Å². The number of halogens is 1. The molecule has 31 heavy (non-hydrogen) atoms. The number of anilines is 1. The van der Waals surface area contributed by atoms with Gasteiger partial charge in [-0.2, -0.15) is 0 Å². The Bertz CT molecular complexity index is 947. The summed E-state index contributed by atoms with van der Waals surface area (Å²) in [5.74, 6) is 0.642. The standard InChI is InChI=1S/C22H26ClN5O3/c1-15-19(22(30)26-18-4-2-17(23)3-5-18)12-24-21(25-15)16-6-7-28(13-16)20(29)14-27-8-10-31-11-9-27/h2-5,12,16H,6-11,13-14H2,1H3,(H,26,30)/t16-/m0/s1. The number of likely N-dealkylation sites (tertiary alicyclic amines) is 1. The molecule has 2 amide bonds. The number of ether oxygens (including phenoxy) is 1. The molecule has 2 aliphatic rings. The van der Waals surface area contributed by atoms with E-state index in [9.17, 15) is 9.59 Å². The van der Waals surface area contributed by atoms with Gasteiger partial charge in [-0.05, 0) is 37.6 Å². The van der Waals surface area contributed by atoms with Crippen LogP contribution < -0.4 is 5.32 Å². The fraction of sp³-hybridized carbons (Fsp3) is 0.455. The predicted octanol–water partition coefficient (Wildman–Crippen LogP) is 2.34.